The van der Waals surface area contributed by atoms with Crippen LogP contribution in [0.4, 0.5) is 0 Å². The third-order valence-corrected chi connectivity index (χ3v) is 1.89. The average Bonchev–Trinajstić information content (AvgIpc) is 2.63. The molecule has 0 aromatic carbocycles. The molecule has 1 aromatic heterocycles. The van der Waals surface area contributed by atoms with Crippen LogP contribution in [0.1, 0.15) is 18.6 Å². The number of unbranched alkanes of at least 4 members (excludes halogenated alkanes) is 1. The molecule has 1 N–H and O–H groups in total. The molecular weight excluding hydrogens is 162 g/mol. The first-order valence-electron chi connectivity index (χ1n) is 4.77. The molecule has 0 amide bonds. The average molecular weight is 179 g/mol. The zero-order valence-electron chi connectivity index (χ0n) is 7.96. The van der Waals surface area contributed by atoms with Crippen molar-refractivity contribution in [3.63, 3.8) is 0 Å². The number of hydrogen-bond donors (Lipinski definition) is 1. The summed E-state index contributed by atoms with van der Waals surface area (Å²) < 4.78 is 5.21. The lowest BCUT2D eigenvalue weighted by molar-refractivity contribution is 0.498. The van der Waals surface area contributed by atoms with Crippen LogP contribution < -0.4 is 5.32 Å². The fourth-order valence-electron chi connectivity index (χ4n) is 1.16. The van der Waals surface area contributed by atoms with Gasteiger partial charge in [0.2, 0.25) is 0 Å². The van der Waals surface area contributed by atoms with E-state index in [1.807, 2.05) is 18.2 Å². The van der Waals surface area contributed by atoms with Gasteiger partial charge in [-0.2, -0.15) is 0 Å². The van der Waals surface area contributed by atoms with Gasteiger partial charge >= 0.3 is 0 Å². The molecule has 0 bridgehead atoms. The van der Waals surface area contributed by atoms with E-state index >= 15 is 0 Å². The minimum absolute atomic E-state index is 0.973. The van der Waals surface area contributed by atoms with Gasteiger partial charge in [-0.25, -0.2) is 0 Å². The lowest BCUT2D eigenvalue weighted by Crippen LogP contribution is -2.18. The van der Waals surface area contributed by atoms with Crippen LogP contribution in [0.3, 0.4) is 0 Å². The summed E-state index contributed by atoms with van der Waals surface area (Å²) in [5, 5.41) is 3.35. The van der Waals surface area contributed by atoms with Gasteiger partial charge in [-0.1, -0.05) is 6.08 Å². The Balaban J connectivity index is 1.93. The van der Waals surface area contributed by atoms with Gasteiger partial charge in [0.1, 0.15) is 5.76 Å². The Morgan fingerprint density at radius 2 is 2.38 bits per heavy atom. The quantitative estimate of drug-likeness (QED) is 0.513. The number of furan rings is 1. The van der Waals surface area contributed by atoms with Crippen molar-refractivity contribution in [3.8, 4) is 0 Å². The molecule has 0 saturated heterocycles. The Morgan fingerprint density at radius 1 is 1.46 bits per heavy atom. The Hall–Kier alpha value is -1.02. The normalized spacial score (nSPS) is 10.2. The first-order chi connectivity index (χ1) is 6.43. The Labute approximate surface area is 79.6 Å². The van der Waals surface area contributed by atoms with Gasteiger partial charge < -0.3 is 9.73 Å². The Kier molecular flexibility index (Phi) is 5.02. The molecule has 0 aliphatic rings. The number of nitrogens with one attached hydrogen (secondary N) is 1. The van der Waals surface area contributed by atoms with E-state index in [9.17, 15) is 0 Å². The molecule has 0 aliphatic carbocycles. The smallest absolute Gasteiger partial charge is 0.105 e. The molecule has 13 heavy (non-hydrogen) atoms. The second-order valence-electron chi connectivity index (χ2n) is 3.01. The van der Waals surface area contributed by atoms with E-state index in [0.717, 1.165) is 31.7 Å². The summed E-state index contributed by atoms with van der Waals surface area (Å²) in [6, 6.07) is 3.93. The fourth-order valence-corrected chi connectivity index (χ4v) is 1.16. The SMILES string of the molecule is C=CCCCNCCc1ccco1. The van der Waals surface area contributed by atoms with Crippen molar-refractivity contribution < 1.29 is 4.42 Å². The van der Waals surface area contributed by atoms with Crippen LogP contribution in [0.25, 0.3) is 0 Å². The van der Waals surface area contributed by atoms with Crippen molar-refractivity contribution in [3.05, 3.63) is 36.8 Å². The zero-order chi connectivity index (χ0) is 9.36. The first kappa shape index (κ1) is 10.1. The lowest BCUT2D eigenvalue weighted by Gasteiger charge is -2.00. The second-order valence-corrected chi connectivity index (χ2v) is 3.01. The van der Waals surface area contributed by atoms with Crippen LogP contribution in [0, 0.1) is 0 Å². The summed E-state index contributed by atoms with van der Waals surface area (Å²) >= 11 is 0. The van der Waals surface area contributed by atoms with Crippen molar-refractivity contribution in [1.82, 2.24) is 5.32 Å². The van der Waals surface area contributed by atoms with Crippen LogP contribution >= 0.6 is 0 Å². The molecule has 0 atom stereocenters. The van der Waals surface area contributed by atoms with Crippen LogP contribution in [0.15, 0.2) is 35.5 Å². The monoisotopic (exact) mass is 179 g/mol. The maximum Gasteiger partial charge on any atom is 0.105 e. The maximum absolute atomic E-state index is 5.21. The largest absolute Gasteiger partial charge is 0.469 e. The number of hydrogen-bond acceptors (Lipinski definition) is 2. The van der Waals surface area contributed by atoms with E-state index in [2.05, 4.69) is 11.9 Å². The van der Waals surface area contributed by atoms with E-state index in [0.29, 0.717) is 0 Å². The molecule has 1 rings (SSSR count). The maximum atomic E-state index is 5.21. The van der Waals surface area contributed by atoms with Crippen molar-refractivity contribution >= 4 is 0 Å². The van der Waals surface area contributed by atoms with Crippen LogP contribution in [-0.4, -0.2) is 13.1 Å². The van der Waals surface area contributed by atoms with E-state index in [1.165, 1.54) is 6.42 Å². The lowest BCUT2D eigenvalue weighted by atomic mass is 10.3. The van der Waals surface area contributed by atoms with Gasteiger partial charge in [0, 0.05) is 13.0 Å². The van der Waals surface area contributed by atoms with E-state index < -0.39 is 0 Å². The molecule has 0 fully saturated rings. The first-order valence-corrected chi connectivity index (χ1v) is 4.77. The highest BCUT2D eigenvalue weighted by Gasteiger charge is 1.93. The molecule has 0 unspecified atom stereocenters. The second kappa shape index (κ2) is 6.49. The molecule has 1 aromatic rings. The van der Waals surface area contributed by atoms with Gasteiger partial charge in [-0.3, -0.25) is 0 Å². The van der Waals surface area contributed by atoms with Crippen LogP contribution in [0.5, 0.6) is 0 Å². The predicted octanol–water partition coefficient (Wildman–Crippen LogP) is 2.38. The summed E-state index contributed by atoms with van der Waals surface area (Å²) in [7, 11) is 0. The summed E-state index contributed by atoms with van der Waals surface area (Å²) in [4.78, 5) is 0. The standard InChI is InChI=1S/C11H17NO/c1-2-3-4-8-12-9-7-11-6-5-10-13-11/h2,5-6,10,12H,1,3-4,7-9H2. The molecule has 0 aliphatic heterocycles. The van der Waals surface area contributed by atoms with Crippen LogP contribution in [-0.2, 0) is 6.42 Å². The van der Waals surface area contributed by atoms with Gasteiger partial charge in [0.15, 0.2) is 0 Å². The van der Waals surface area contributed by atoms with Crippen molar-refractivity contribution in [1.29, 1.82) is 0 Å². The minimum Gasteiger partial charge on any atom is -0.469 e. The third-order valence-electron chi connectivity index (χ3n) is 1.89. The molecule has 0 saturated carbocycles. The molecule has 72 valence electrons. The summed E-state index contributed by atoms with van der Waals surface area (Å²) in [5.41, 5.74) is 0. The summed E-state index contributed by atoms with van der Waals surface area (Å²) in [5.74, 6) is 1.05. The molecule has 2 heteroatoms. The third kappa shape index (κ3) is 4.53. The van der Waals surface area contributed by atoms with Gasteiger partial charge in [0.25, 0.3) is 0 Å². The molecule has 0 spiro atoms. The zero-order valence-corrected chi connectivity index (χ0v) is 7.96. The molecule has 2 nitrogen and oxygen atoms in total. The number of rotatable bonds is 7. The Bertz CT molecular complexity index is 216. The molecule has 1 heterocycles. The molecular formula is C11H17NO. The number of allylic oxidation sites excluding steroid dienone is 1. The van der Waals surface area contributed by atoms with Gasteiger partial charge in [0.05, 0.1) is 6.26 Å². The van der Waals surface area contributed by atoms with E-state index in [4.69, 9.17) is 4.42 Å². The van der Waals surface area contributed by atoms with E-state index in [1.54, 1.807) is 6.26 Å². The van der Waals surface area contributed by atoms with Crippen LogP contribution in [0.2, 0.25) is 0 Å². The topological polar surface area (TPSA) is 25.2 Å². The Morgan fingerprint density at radius 3 is 3.08 bits per heavy atom. The van der Waals surface area contributed by atoms with Crippen molar-refractivity contribution in [2.45, 2.75) is 19.3 Å². The molecule has 0 radical (unpaired) electrons. The van der Waals surface area contributed by atoms with Crippen molar-refractivity contribution in [2.24, 2.45) is 0 Å². The minimum atomic E-state index is 0.973. The van der Waals surface area contributed by atoms with Gasteiger partial charge in [-0.15, -0.1) is 6.58 Å². The predicted molar refractivity (Wildman–Crippen MR) is 54.7 cm³/mol. The van der Waals surface area contributed by atoms with E-state index in [-0.39, 0.29) is 0 Å². The fraction of sp³-hybridized carbons (Fsp3) is 0.455. The van der Waals surface area contributed by atoms with Gasteiger partial charge in [-0.05, 0) is 31.5 Å². The highest BCUT2D eigenvalue weighted by atomic mass is 16.3. The summed E-state index contributed by atoms with van der Waals surface area (Å²) in [6.45, 7) is 5.73. The highest BCUT2D eigenvalue weighted by molar-refractivity contribution is 4.98. The highest BCUT2D eigenvalue weighted by Crippen LogP contribution is 1.99. The van der Waals surface area contributed by atoms with Crippen molar-refractivity contribution in [2.75, 3.05) is 13.1 Å². The summed E-state index contributed by atoms with van der Waals surface area (Å²) in [6.07, 6.45) is 6.90.